The van der Waals surface area contributed by atoms with Crippen LogP contribution in [0.1, 0.15) is 12.8 Å². The van der Waals surface area contributed by atoms with Crippen LogP contribution < -0.4 is 61.9 Å². The van der Waals surface area contributed by atoms with Gasteiger partial charge in [0.2, 0.25) is 0 Å². The van der Waals surface area contributed by atoms with Gasteiger partial charge in [-0.25, -0.2) is 0 Å². The zero-order valence-corrected chi connectivity index (χ0v) is 12.4. The molecule has 0 aromatic heterocycles. The smallest absolute Gasteiger partial charge is 0.453 e. The average Bonchev–Trinajstić information content (AvgIpc) is 2.16. The summed E-state index contributed by atoms with van der Waals surface area (Å²) in [7, 11) is 0. The van der Waals surface area contributed by atoms with E-state index < -0.39 is 0 Å². The minimum Gasteiger partial charge on any atom is -0.453 e. The molecule has 0 spiro atoms. The standard InChI is InChI=1S/C10H12NO2.CH3.K/c11-8-4-7-10(12)13-9-5-2-1-3-6-9;;/h2-3,5-6H,4,7-8,11H2;1H3;/q2*-1;+1. The van der Waals surface area contributed by atoms with Crippen molar-refractivity contribution in [1.82, 2.24) is 0 Å². The number of benzene rings is 1. The summed E-state index contributed by atoms with van der Waals surface area (Å²) in [5, 5.41) is 0. The van der Waals surface area contributed by atoms with E-state index >= 15 is 0 Å². The van der Waals surface area contributed by atoms with Crippen molar-refractivity contribution in [3.05, 3.63) is 37.8 Å². The molecule has 0 aliphatic heterocycles. The van der Waals surface area contributed by atoms with Gasteiger partial charge in [-0.3, -0.25) is 4.79 Å². The Morgan fingerprint density at radius 3 is 2.53 bits per heavy atom. The summed E-state index contributed by atoms with van der Waals surface area (Å²) in [6.07, 6.45) is 1.03. The van der Waals surface area contributed by atoms with E-state index in [4.69, 9.17) is 10.5 Å². The molecule has 2 N–H and O–H groups in total. The summed E-state index contributed by atoms with van der Waals surface area (Å²) in [6.45, 7) is 0.512. The van der Waals surface area contributed by atoms with Gasteiger partial charge in [0.05, 0.1) is 0 Å². The van der Waals surface area contributed by atoms with Crippen LogP contribution in [0.5, 0.6) is 5.75 Å². The van der Waals surface area contributed by atoms with Gasteiger partial charge >= 0.3 is 57.4 Å². The maximum Gasteiger partial charge on any atom is 1.00 e. The van der Waals surface area contributed by atoms with Gasteiger partial charge in [0.1, 0.15) is 0 Å². The molecule has 0 aliphatic rings. The van der Waals surface area contributed by atoms with E-state index in [0.29, 0.717) is 25.1 Å². The second kappa shape index (κ2) is 10.8. The van der Waals surface area contributed by atoms with Crippen molar-refractivity contribution >= 4 is 5.97 Å². The SMILES string of the molecule is NCCCC(=O)Oc1cc[c-]cc1.[CH3-].[K+]. The first-order chi connectivity index (χ1) is 6.33. The second-order valence-electron chi connectivity index (χ2n) is 2.60. The Morgan fingerprint density at radius 1 is 1.40 bits per heavy atom. The Labute approximate surface area is 134 Å². The first-order valence-electron chi connectivity index (χ1n) is 4.20. The van der Waals surface area contributed by atoms with E-state index in [9.17, 15) is 4.79 Å². The Morgan fingerprint density at radius 2 is 2.00 bits per heavy atom. The maximum atomic E-state index is 11.1. The fraction of sp³-hybridized carbons (Fsp3) is 0.273. The molecule has 1 aromatic carbocycles. The summed E-state index contributed by atoms with van der Waals surface area (Å²) in [5.74, 6) is 0.317. The van der Waals surface area contributed by atoms with Crippen LogP contribution in [-0.2, 0) is 4.79 Å². The number of ether oxygens (including phenoxy) is 1. The molecular weight excluding hydrogens is 217 g/mol. The van der Waals surface area contributed by atoms with Crippen LogP contribution in [0.2, 0.25) is 0 Å². The van der Waals surface area contributed by atoms with Crippen LogP contribution in [0.25, 0.3) is 0 Å². The van der Waals surface area contributed by atoms with Crippen molar-refractivity contribution in [2.75, 3.05) is 6.54 Å². The van der Waals surface area contributed by atoms with Crippen molar-refractivity contribution in [3.8, 4) is 5.75 Å². The molecule has 0 radical (unpaired) electrons. The van der Waals surface area contributed by atoms with E-state index in [1.807, 2.05) is 0 Å². The van der Waals surface area contributed by atoms with Crippen molar-refractivity contribution in [2.24, 2.45) is 5.73 Å². The van der Waals surface area contributed by atoms with Crippen molar-refractivity contribution in [2.45, 2.75) is 12.8 Å². The van der Waals surface area contributed by atoms with Crippen LogP contribution in [0.15, 0.2) is 24.3 Å². The molecule has 0 bridgehead atoms. The minimum atomic E-state index is -0.239. The molecule has 0 heterocycles. The molecule has 1 aromatic rings. The first kappa shape index (κ1) is 17.7. The van der Waals surface area contributed by atoms with E-state index in [1.165, 1.54) is 0 Å². The number of rotatable bonds is 4. The van der Waals surface area contributed by atoms with Crippen LogP contribution in [0, 0.1) is 13.5 Å². The Kier molecular flexibility index (Phi) is 12.7. The van der Waals surface area contributed by atoms with Gasteiger partial charge in [0, 0.05) is 12.2 Å². The summed E-state index contributed by atoms with van der Waals surface area (Å²) in [4.78, 5) is 11.1. The normalized spacial score (nSPS) is 8.33. The number of esters is 1. The molecule has 0 saturated carbocycles. The fourth-order valence-corrected chi connectivity index (χ4v) is 0.869. The molecule has 3 nitrogen and oxygen atoms in total. The minimum absolute atomic E-state index is 0. The number of carbonyl (C=O) groups is 1. The molecule has 0 saturated heterocycles. The fourth-order valence-electron chi connectivity index (χ4n) is 0.869. The van der Waals surface area contributed by atoms with Gasteiger partial charge in [-0.1, -0.05) is 0 Å². The third kappa shape index (κ3) is 8.13. The van der Waals surface area contributed by atoms with Crippen molar-refractivity contribution < 1.29 is 60.9 Å². The zero-order valence-electron chi connectivity index (χ0n) is 9.32. The van der Waals surface area contributed by atoms with Crippen molar-refractivity contribution in [1.29, 1.82) is 0 Å². The molecule has 4 heteroatoms. The molecule has 0 atom stereocenters. The van der Waals surface area contributed by atoms with Crippen LogP contribution in [0.4, 0.5) is 0 Å². The largest absolute Gasteiger partial charge is 1.00 e. The third-order valence-corrected chi connectivity index (χ3v) is 1.50. The summed E-state index contributed by atoms with van der Waals surface area (Å²) in [5.41, 5.74) is 5.26. The molecule has 0 fully saturated rings. The maximum absolute atomic E-state index is 11.1. The van der Waals surface area contributed by atoms with Gasteiger partial charge in [0.25, 0.3) is 0 Å². The molecule has 0 amide bonds. The molecule has 78 valence electrons. The van der Waals surface area contributed by atoms with E-state index in [-0.39, 0.29) is 64.8 Å². The predicted molar refractivity (Wildman–Crippen MR) is 55.6 cm³/mol. The van der Waals surface area contributed by atoms with Gasteiger partial charge in [-0.05, 0) is 13.0 Å². The van der Waals surface area contributed by atoms with Gasteiger partial charge < -0.3 is 17.9 Å². The topological polar surface area (TPSA) is 52.3 Å². The number of hydrogen-bond acceptors (Lipinski definition) is 3. The van der Waals surface area contributed by atoms with E-state index in [1.54, 1.807) is 24.3 Å². The van der Waals surface area contributed by atoms with Crippen LogP contribution >= 0.6 is 0 Å². The number of hydrogen-bond donors (Lipinski definition) is 1. The van der Waals surface area contributed by atoms with Crippen LogP contribution in [-0.4, -0.2) is 12.5 Å². The quantitative estimate of drug-likeness (QED) is 0.300. The first-order valence-corrected chi connectivity index (χ1v) is 4.20. The Hall–Kier alpha value is 0.286. The van der Waals surface area contributed by atoms with Gasteiger partial charge in [-0.15, -0.1) is 12.1 Å². The number of nitrogens with two attached hydrogens (primary N) is 1. The Balaban J connectivity index is 0. The van der Waals surface area contributed by atoms with Crippen molar-refractivity contribution in [3.63, 3.8) is 0 Å². The van der Waals surface area contributed by atoms with Gasteiger partial charge in [-0.2, -0.15) is 18.2 Å². The predicted octanol–water partition coefficient (Wildman–Crippen LogP) is -1.41. The number of carbonyl (C=O) groups excluding carboxylic acids is 1. The molecule has 0 aliphatic carbocycles. The second-order valence-corrected chi connectivity index (χ2v) is 2.60. The molecular formula is C11H15KNO2-. The molecule has 15 heavy (non-hydrogen) atoms. The van der Waals surface area contributed by atoms with E-state index in [0.717, 1.165) is 0 Å². The summed E-state index contributed by atoms with van der Waals surface area (Å²) in [6, 6.07) is 9.63. The monoisotopic (exact) mass is 232 g/mol. The van der Waals surface area contributed by atoms with E-state index in [2.05, 4.69) is 6.07 Å². The van der Waals surface area contributed by atoms with Crippen LogP contribution in [0.3, 0.4) is 0 Å². The summed E-state index contributed by atoms with van der Waals surface area (Å²) >= 11 is 0. The zero-order chi connectivity index (χ0) is 9.52. The molecule has 0 unspecified atom stereocenters. The third-order valence-electron chi connectivity index (χ3n) is 1.50. The molecule has 1 rings (SSSR count). The average molecular weight is 232 g/mol. The summed E-state index contributed by atoms with van der Waals surface area (Å²) < 4.78 is 5.00. The Bertz CT molecular complexity index is 265. The van der Waals surface area contributed by atoms with Gasteiger partial charge in [0.15, 0.2) is 0 Å².